The zero-order chi connectivity index (χ0) is 14.8. The molecular formula is C13H24N4O2S. The Morgan fingerprint density at radius 1 is 1.40 bits per heavy atom. The second-order valence-electron chi connectivity index (χ2n) is 4.36. The van der Waals surface area contributed by atoms with Gasteiger partial charge in [0.15, 0.2) is 5.16 Å². The fraction of sp³-hybridized carbons (Fsp3) is 0.692. The van der Waals surface area contributed by atoms with Crippen LogP contribution in [0, 0.1) is 0 Å². The van der Waals surface area contributed by atoms with E-state index in [9.17, 15) is 0 Å². The number of aliphatic hydroxyl groups excluding tert-OH is 1. The van der Waals surface area contributed by atoms with Crippen molar-refractivity contribution in [1.82, 2.24) is 9.97 Å². The van der Waals surface area contributed by atoms with E-state index >= 15 is 0 Å². The zero-order valence-electron chi connectivity index (χ0n) is 12.3. The van der Waals surface area contributed by atoms with Gasteiger partial charge in [-0.1, -0.05) is 18.7 Å². The number of hydrogen-bond donors (Lipinski definition) is 3. The maximum atomic E-state index is 9.07. The van der Waals surface area contributed by atoms with Gasteiger partial charge < -0.3 is 20.5 Å². The van der Waals surface area contributed by atoms with Crippen molar-refractivity contribution in [3.05, 3.63) is 6.07 Å². The molecule has 114 valence electrons. The Morgan fingerprint density at radius 3 is 2.75 bits per heavy atom. The molecule has 0 amide bonds. The summed E-state index contributed by atoms with van der Waals surface area (Å²) in [5.41, 5.74) is 0. The number of rotatable bonds is 10. The summed E-state index contributed by atoms with van der Waals surface area (Å²) in [6, 6.07) is 1.92. The van der Waals surface area contributed by atoms with E-state index in [1.807, 2.05) is 12.3 Å². The Kier molecular flexibility index (Phi) is 8.32. The van der Waals surface area contributed by atoms with Crippen LogP contribution in [0.4, 0.5) is 11.6 Å². The van der Waals surface area contributed by atoms with Crippen molar-refractivity contribution in [2.75, 3.05) is 43.8 Å². The number of aliphatic hydroxyl groups is 1. The summed E-state index contributed by atoms with van der Waals surface area (Å²) in [4.78, 5) is 8.84. The summed E-state index contributed by atoms with van der Waals surface area (Å²) >= 11 is 1.50. The molecule has 0 spiro atoms. The fourth-order valence-corrected chi connectivity index (χ4v) is 2.08. The van der Waals surface area contributed by atoms with Gasteiger partial charge in [0.2, 0.25) is 0 Å². The van der Waals surface area contributed by atoms with Crippen molar-refractivity contribution in [2.24, 2.45) is 0 Å². The molecule has 0 aliphatic rings. The van der Waals surface area contributed by atoms with Gasteiger partial charge in [0, 0.05) is 26.3 Å². The molecule has 0 aromatic carbocycles. The van der Waals surface area contributed by atoms with E-state index in [-0.39, 0.29) is 12.6 Å². The summed E-state index contributed by atoms with van der Waals surface area (Å²) in [7, 11) is 1.65. The average molecular weight is 300 g/mol. The SMILES string of the molecule is CCCNc1cc(NC(CCO)COC)nc(SC)n1. The first kappa shape index (κ1) is 17.0. The predicted molar refractivity (Wildman–Crippen MR) is 83.6 cm³/mol. The Hall–Kier alpha value is -1.05. The van der Waals surface area contributed by atoms with Crippen molar-refractivity contribution in [1.29, 1.82) is 0 Å². The maximum absolute atomic E-state index is 9.07. The molecule has 20 heavy (non-hydrogen) atoms. The average Bonchev–Trinajstić information content (AvgIpc) is 2.45. The van der Waals surface area contributed by atoms with Crippen LogP contribution in [-0.2, 0) is 4.74 Å². The molecule has 1 heterocycles. The molecule has 1 unspecified atom stereocenters. The smallest absolute Gasteiger partial charge is 0.191 e. The maximum Gasteiger partial charge on any atom is 0.191 e. The summed E-state index contributed by atoms with van der Waals surface area (Å²) in [6.07, 6.45) is 3.60. The standard InChI is InChI=1S/C13H24N4O2S/c1-4-6-14-11-8-12(17-13(16-11)20-3)15-10(5-7-18)9-19-2/h8,10,18H,4-7,9H2,1-3H3,(H2,14,15,16,17). The summed E-state index contributed by atoms with van der Waals surface area (Å²) < 4.78 is 5.14. The molecule has 3 N–H and O–H groups in total. The lowest BCUT2D eigenvalue weighted by Gasteiger charge is -2.18. The van der Waals surface area contributed by atoms with E-state index in [0.717, 1.165) is 24.6 Å². The van der Waals surface area contributed by atoms with Crippen LogP contribution in [0.5, 0.6) is 0 Å². The van der Waals surface area contributed by atoms with Crippen molar-refractivity contribution >= 4 is 23.4 Å². The Morgan fingerprint density at radius 2 is 2.15 bits per heavy atom. The molecule has 1 aromatic heterocycles. The summed E-state index contributed by atoms with van der Waals surface area (Å²) in [5, 5.41) is 16.3. The fourth-order valence-electron chi connectivity index (χ4n) is 1.70. The molecule has 6 nitrogen and oxygen atoms in total. The molecule has 0 fully saturated rings. The van der Waals surface area contributed by atoms with E-state index in [0.29, 0.717) is 18.2 Å². The molecule has 0 bridgehead atoms. The monoisotopic (exact) mass is 300 g/mol. The van der Waals surface area contributed by atoms with E-state index in [1.165, 1.54) is 11.8 Å². The van der Waals surface area contributed by atoms with Gasteiger partial charge in [-0.05, 0) is 19.1 Å². The van der Waals surface area contributed by atoms with Crippen LogP contribution >= 0.6 is 11.8 Å². The van der Waals surface area contributed by atoms with Gasteiger partial charge in [-0.15, -0.1) is 0 Å². The molecule has 0 aliphatic carbocycles. The van der Waals surface area contributed by atoms with Crippen molar-refractivity contribution < 1.29 is 9.84 Å². The first-order chi connectivity index (χ1) is 9.73. The van der Waals surface area contributed by atoms with Gasteiger partial charge in [0.05, 0.1) is 12.6 Å². The molecule has 7 heteroatoms. The van der Waals surface area contributed by atoms with Crippen LogP contribution in [0.2, 0.25) is 0 Å². The zero-order valence-corrected chi connectivity index (χ0v) is 13.2. The number of hydrogen-bond acceptors (Lipinski definition) is 7. The molecule has 0 radical (unpaired) electrons. The normalized spacial score (nSPS) is 12.2. The molecule has 0 saturated heterocycles. The third-order valence-electron chi connectivity index (χ3n) is 2.64. The Labute approximate surface area is 124 Å². The second kappa shape index (κ2) is 9.79. The van der Waals surface area contributed by atoms with Crippen LogP contribution in [0.1, 0.15) is 19.8 Å². The van der Waals surface area contributed by atoms with Crippen LogP contribution < -0.4 is 10.6 Å². The number of nitrogens with zero attached hydrogens (tertiary/aromatic N) is 2. The van der Waals surface area contributed by atoms with Crippen LogP contribution in [0.15, 0.2) is 11.2 Å². The number of aromatic nitrogens is 2. The van der Waals surface area contributed by atoms with Gasteiger partial charge in [0.1, 0.15) is 11.6 Å². The molecule has 1 aromatic rings. The number of methoxy groups -OCH3 is 1. The van der Waals surface area contributed by atoms with Crippen LogP contribution in [0.3, 0.4) is 0 Å². The highest BCUT2D eigenvalue weighted by Gasteiger charge is 2.10. The summed E-state index contributed by atoms with van der Waals surface area (Å²) in [5.74, 6) is 1.56. The first-order valence-corrected chi connectivity index (χ1v) is 7.99. The minimum absolute atomic E-state index is 0.0358. The third kappa shape index (κ3) is 5.94. The molecule has 0 saturated carbocycles. The van der Waals surface area contributed by atoms with Crippen LogP contribution in [0.25, 0.3) is 0 Å². The molecule has 0 aliphatic heterocycles. The minimum Gasteiger partial charge on any atom is -0.396 e. The third-order valence-corrected chi connectivity index (χ3v) is 3.19. The largest absolute Gasteiger partial charge is 0.396 e. The number of ether oxygens (including phenoxy) is 1. The first-order valence-electron chi connectivity index (χ1n) is 6.76. The van der Waals surface area contributed by atoms with Crippen LogP contribution in [-0.4, -0.2) is 54.2 Å². The second-order valence-corrected chi connectivity index (χ2v) is 5.13. The van der Waals surface area contributed by atoms with Gasteiger partial charge in [-0.2, -0.15) is 0 Å². The van der Waals surface area contributed by atoms with Gasteiger partial charge in [0.25, 0.3) is 0 Å². The van der Waals surface area contributed by atoms with Gasteiger partial charge in [-0.25, -0.2) is 9.97 Å². The van der Waals surface area contributed by atoms with Crippen molar-refractivity contribution in [2.45, 2.75) is 31.0 Å². The highest BCUT2D eigenvalue weighted by molar-refractivity contribution is 7.98. The highest BCUT2D eigenvalue weighted by atomic mass is 32.2. The highest BCUT2D eigenvalue weighted by Crippen LogP contribution is 2.18. The topological polar surface area (TPSA) is 79.3 Å². The number of nitrogens with one attached hydrogen (secondary N) is 2. The van der Waals surface area contributed by atoms with Gasteiger partial charge in [-0.3, -0.25) is 0 Å². The molecule has 1 atom stereocenters. The Bertz CT molecular complexity index is 387. The van der Waals surface area contributed by atoms with E-state index in [1.54, 1.807) is 7.11 Å². The lowest BCUT2D eigenvalue weighted by atomic mass is 10.2. The van der Waals surface area contributed by atoms with E-state index < -0.39 is 0 Å². The van der Waals surface area contributed by atoms with Crippen molar-refractivity contribution in [3.8, 4) is 0 Å². The van der Waals surface area contributed by atoms with Crippen molar-refractivity contribution in [3.63, 3.8) is 0 Å². The minimum atomic E-state index is 0.0358. The quantitative estimate of drug-likeness (QED) is 0.449. The molecule has 1 rings (SSSR count). The number of thioether (sulfide) groups is 1. The van der Waals surface area contributed by atoms with Gasteiger partial charge >= 0.3 is 0 Å². The predicted octanol–water partition coefficient (Wildman–Crippen LogP) is 1.83. The lowest BCUT2D eigenvalue weighted by Crippen LogP contribution is -2.26. The number of anilines is 2. The van der Waals surface area contributed by atoms with E-state index in [2.05, 4.69) is 27.5 Å². The lowest BCUT2D eigenvalue weighted by molar-refractivity contribution is 0.170. The summed E-state index contributed by atoms with van der Waals surface area (Å²) in [6.45, 7) is 3.63. The van der Waals surface area contributed by atoms with E-state index in [4.69, 9.17) is 9.84 Å². The Balaban J connectivity index is 2.80. The molecular weight excluding hydrogens is 276 g/mol.